The fourth-order valence-corrected chi connectivity index (χ4v) is 1.33. The van der Waals surface area contributed by atoms with Gasteiger partial charge in [0.1, 0.15) is 5.82 Å². The van der Waals surface area contributed by atoms with Crippen LogP contribution in [-0.2, 0) is 0 Å². The van der Waals surface area contributed by atoms with Crippen LogP contribution in [0.1, 0.15) is 5.56 Å². The number of benzene rings is 1. The number of hydrogen-bond acceptors (Lipinski definition) is 5. The number of rotatable bonds is 1. The van der Waals surface area contributed by atoms with Crippen molar-refractivity contribution < 1.29 is 15.3 Å². The molecular weight excluding hydrogens is 224 g/mol. The van der Waals surface area contributed by atoms with Gasteiger partial charge in [-0.05, 0) is 25.1 Å². The summed E-state index contributed by atoms with van der Waals surface area (Å²) in [5.74, 6) is -0.845. The van der Waals surface area contributed by atoms with Crippen molar-refractivity contribution in [3.8, 4) is 28.8 Å². The van der Waals surface area contributed by atoms with E-state index in [-0.39, 0.29) is 28.8 Å². The second-order valence-corrected chi connectivity index (χ2v) is 3.57. The van der Waals surface area contributed by atoms with Crippen molar-refractivity contribution in [2.45, 2.75) is 6.92 Å². The number of H-pyrrole nitrogens is 1. The number of nitrogens with one attached hydrogen (secondary N) is 1. The van der Waals surface area contributed by atoms with Crippen LogP contribution in [0.5, 0.6) is 17.4 Å². The maximum atomic E-state index is 11.4. The zero-order chi connectivity index (χ0) is 12.6. The molecule has 4 N–H and O–H groups in total. The van der Waals surface area contributed by atoms with Crippen molar-refractivity contribution in [1.29, 1.82) is 0 Å². The summed E-state index contributed by atoms with van der Waals surface area (Å²) >= 11 is 0. The molecule has 17 heavy (non-hydrogen) atoms. The predicted molar refractivity (Wildman–Crippen MR) is 60.0 cm³/mol. The second kappa shape index (κ2) is 3.82. The van der Waals surface area contributed by atoms with Gasteiger partial charge in [-0.2, -0.15) is 4.98 Å². The number of nitrogens with zero attached hydrogens (tertiary/aromatic N) is 1. The lowest BCUT2D eigenvalue weighted by Crippen LogP contribution is -2.12. The summed E-state index contributed by atoms with van der Waals surface area (Å²) < 4.78 is 0. The van der Waals surface area contributed by atoms with Crippen LogP contribution in [0.4, 0.5) is 0 Å². The van der Waals surface area contributed by atoms with Gasteiger partial charge in [-0.3, -0.25) is 4.79 Å². The minimum absolute atomic E-state index is 0.119. The molecule has 88 valence electrons. The lowest BCUT2D eigenvalue weighted by atomic mass is 10.2. The van der Waals surface area contributed by atoms with Gasteiger partial charge in [0.25, 0.3) is 5.56 Å². The van der Waals surface area contributed by atoms with E-state index in [9.17, 15) is 15.0 Å². The molecule has 6 nitrogen and oxygen atoms in total. The normalized spacial score (nSPS) is 10.4. The van der Waals surface area contributed by atoms with E-state index in [0.29, 0.717) is 5.56 Å². The highest BCUT2D eigenvalue weighted by Crippen LogP contribution is 2.29. The molecule has 0 atom stereocenters. The molecule has 2 aromatic rings. The first kappa shape index (κ1) is 11.0. The van der Waals surface area contributed by atoms with E-state index in [1.54, 1.807) is 0 Å². The van der Waals surface area contributed by atoms with Gasteiger partial charge in [0.2, 0.25) is 5.88 Å². The van der Waals surface area contributed by atoms with Crippen LogP contribution in [0, 0.1) is 6.92 Å². The van der Waals surface area contributed by atoms with Crippen LogP contribution < -0.4 is 5.56 Å². The molecule has 0 unspecified atom stereocenters. The Hall–Kier alpha value is -2.50. The molecule has 1 heterocycles. The Labute approximate surface area is 95.8 Å². The van der Waals surface area contributed by atoms with Crippen LogP contribution in [0.2, 0.25) is 0 Å². The molecule has 1 aromatic heterocycles. The first-order chi connectivity index (χ1) is 7.99. The van der Waals surface area contributed by atoms with E-state index in [4.69, 9.17) is 5.11 Å². The van der Waals surface area contributed by atoms with Crippen LogP contribution in [0.15, 0.2) is 23.0 Å². The van der Waals surface area contributed by atoms with Crippen molar-refractivity contribution in [2.75, 3.05) is 0 Å². The van der Waals surface area contributed by atoms with Crippen molar-refractivity contribution in [3.63, 3.8) is 0 Å². The van der Waals surface area contributed by atoms with E-state index < -0.39 is 5.56 Å². The standard InChI is InChI=1S/C11H10N2O4/c1-5-10(16)12-9(13-11(5)17)6-2-3-7(14)8(15)4-6/h2-4,14-15H,1H3,(H2,12,13,16,17). The molecule has 0 radical (unpaired) electrons. The quantitative estimate of drug-likeness (QED) is 0.547. The molecule has 0 aliphatic heterocycles. The van der Waals surface area contributed by atoms with Gasteiger partial charge in [-0.15, -0.1) is 0 Å². The van der Waals surface area contributed by atoms with E-state index in [1.807, 2.05) is 0 Å². The molecule has 0 saturated carbocycles. The maximum absolute atomic E-state index is 11.4. The second-order valence-electron chi connectivity index (χ2n) is 3.57. The molecule has 0 fully saturated rings. The minimum Gasteiger partial charge on any atom is -0.504 e. The topological polar surface area (TPSA) is 106 Å². The van der Waals surface area contributed by atoms with E-state index in [2.05, 4.69) is 9.97 Å². The number of hydrogen-bond donors (Lipinski definition) is 4. The summed E-state index contributed by atoms with van der Waals surface area (Å²) in [5, 5.41) is 27.9. The van der Waals surface area contributed by atoms with Gasteiger partial charge >= 0.3 is 0 Å². The molecular formula is C11H10N2O4. The van der Waals surface area contributed by atoms with Gasteiger partial charge < -0.3 is 20.3 Å². The van der Waals surface area contributed by atoms with Gasteiger partial charge in [0.05, 0.1) is 5.56 Å². The Morgan fingerprint density at radius 2 is 1.88 bits per heavy atom. The smallest absolute Gasteiger partial charge is 0.257 e. The average Bonchev–Trinajstić information content (AvgIpc) is 2.29. The molecule has 0 aliphatic carbocycles. The summed E-state index contributed by atoms with van der Waals surface area (Å²) in [6, 6.07) is 3.96. The Bertz CT molecular complexity index is 634. The summed E-state index contributed by atoms with van der Waals surface area (Å²) in [5.41, 5.74) is 0.0458. The molecule has 6 heteroatoms. The largest absolute Gasteiger partial charge is 0.504 e. The molecule has 0 spiro atoms. The number of aromatic nitrogens is 2. The SMILES string of the molecule is Cc1c(O)nc(-c2ccc(O)c(O)c2)[nH]c1=O. The van der Waals surface area contributed by atoms with Crippen LogP contribution in [0.3, 0.4) is 0 Å². The minimum atomic E-state index is -0.458. The van der Waals surface area contributed by atoms with Crippen LogP contribution in [-0.4, -0.2) is 25.3 Å². The van der Waals surface area contributed by atoms with Gasteiger partial charge in [-0.1, -0.05) is 0 Å². The number of aromatic amines is 1. The zero-order valence-electron chi connectivity index (χ0n) is 8.93. The summed E-state index contributed by atoms with van der Waals surface area (Å²) in [6.07, 6.45) is 0. The van der Waals surface area contributed by atoms with Gasteiger partial charge in [0, 0.05) is 5.56 Å². The third kappa shape index (κ3) is 1.92. The summed E-state index contributed by atoms with van der Waals surface area (Å²) in [7, 11) is 0. The van der Waals surface area contributed by atoms with E-state index >= 15 is 0 Å². The fraction of sp³-hybridized carbons (Fsp3) is 0.0909. The van der Waals surface area contributed by atoms with Crippen molar-refractivity contribution in [3.05, 3.63) is 34.1 Å². The molecule has 1 aromatic carbocycles. The monoisotopic (exact) mass is 234 g/mol. The Morgan fingerprint density at radius 1 is 1.18 bits per heavy atom. The third-order valence-corrected chi connectivity index (χ3v) is 2.37. The first-order valence-corrected chi connectivity index (χ1v) is 4.81. The lowest BCUT2D eigenvalue weighted by molar-refractivity contribution is 0.404. The van der Waals surface area contributed by atoms with E-state index in [1.165, 1.54) is 25.1 Å². The molecule has 0 bridgehead atoms. The highest BCUT2D eigenvalue weighted by atomic mass is 16.3. The lowest BCUT2D eigenvalue weighted by Gasteiger charge is -2.04. The third-order valence-electron chi connectivity index (χ3n) is 2.37. The molecule has 2 rings (SSSR count). The Kier molecular flexibility index (Phi) is 2.47. The Balaban J connectivity index is 2.61. The van der Waals surface area contributed by atoms with Gasteiger partial charge in [-0.25, -0.2) is 0 Å². The van der Waals surface area contributed by atoms with Crippen molar-refractivity contribution in [1.82, 2.24) is 9.97 Å². The van der Waals surface area contributed by atoms with E-state index in [0.717, 1.165) is 0 Å². The average molecular weight is 234 g/mol. The molecule has 0 aliphatic rings. The summed E-state index contributed by atoms with van der Waals surface area (Å²) in [6.45, 7) is 1.44. The van der Waals surface area contributed by atoms with Gasteiger partial charge in [0.15, 0.2) is 11.5 Å². The van der Waals surface area contributed by atoms with Crippen LogP contribution in [0.25, 0.3) is 11.4 Å². The Morgan fingerprint density at radius 3 is 2.47 bits per heavy atom. The maximum Gasteiger partial charge on any atom is 0.257 e. The predicted octanol–water partition coefficient (Wildman–Crippen LogP) is 0.862. The highest BCUT2D eigenvalue weighted by Gasteiger charge is 2.09. The fourth-order valence-electron chi connectivity index (χ4n) is 1.33. The number of aromatic hydroxyl groups is 3. The summed E-state index contributed by atoms with van der Waals surface area (Å²) in [4.78, 5) is 17.7. The first-order valence-electron chi connectivity index (χ1n) is 4.81. The number of phenols is 2. The zero-order valence-corrected chi connectivity index (χ0v) is 8.93. The number of phenolic OH excluding ortho intramolecular Hbond substituents is 2. The van der Waals surface area contributed by atoms with Crippen LogP contribution >= 0.6 is 0 Å². The highest BCUT2D eigenvalue weighted by molar-refractivity contribution is 5.60. The molecule has 0 saturated heterocycles. The molecule has 0 amide bonds. The van der Waals surface area contributed by atoms with Crippen molar-refractivity contribution >= 4 is 0 Å². The van der Waals surface area contributed by atoms with Crippen molar-refractivity contribution in [2.24, 2.45) is 0 Å².